The molecule has 0 atom stereocenters. The number of anilines is 1. The highest BCUT2D eigenvalue weighted by molar-refractivity contribution is 7.89. The standard InChI is InChI=1S/C19H30N2O4S/c1-4-5-9-19(22)20-17-14-16(10-11-18(17)25-15(2)3)26(23,24)21-12-7-6-8-13-21/h10-11,14-15H,4-9,12-13H2,1-3H3,(H,20,22). The maximum atomic E-state index is 12.9. The molecule has 1 aliphatic rings. The molecule has 2 rings (SSSR count). The van der Waals surface area contributed by atoms with Crippen LogP contribution >= 0.6 is 0 Å². The number of sulfonamides is 1. The summed E-state index contributed by atoms with van der Waals surface area (Å²) in [5.74, 6) is 0.357. The summed E-state index contributed by atoms with van der Waals surface area (Å²) in [7, 11) is -3.56. The average molecular weight is 383 g/mol. The molecule has 1 fully saturated rings. The molecule has 6 nitrogen and oxygen atoms in total. The SMILES string of the molecule is CCCCC(=O)Nc1cc(S(=O)(=O)N2CCCCC2)ccc1OC(C)C. The predicted molar refractivity (Wildman–Crippen MR) is 103 cm³/mol. The lowest BCUT2D eigenvalue weighted by Gasteiger charge is -2.26. The molecule has 1 aliphatic heterocycles. The van der Waals surface area contributed by atoms with Crippen molar-refractivity contribution in [1.82, 2.24) is 4.31 Å². The Kier molecular flexibility index (Phi) is 7.46. The number of amides is 1. The molecule has 0 aromatic heterocycles. The zero-order valence-corrected chi connectivity index (χ0v) is 16.8. The quantitative estimate of drug-likeness (QED) is 0.742. The van der Waals surface area contributed by atoms with Crippen LogP contribution in [0.3, 0.4) is 0 Å². The van der Waals surface area contributed by atoms with Gasteiger partial charge in [-0.05, 0) is 51.3 Å². The molecular weight excluding hydrogens is 352 g/mol. The third kappa shape index (κ3) is 5.45. The third-order valence-electron chi connectivity index (χ3n) is 4.30. The van der Waals surface area contributed by atoms with Crippen LogP contribution in [0.15, 0.2) is 23.1 Å². The van der Waals surface area contributed by atoms with Gasteiger partial charge in [0.25, 0.3) is 0 Å². The second-order valence-electron chi connectivity index (χ2n) is 6.94. The number of hydrogen-bond donors (Lipinski definition) is 1. The Morgan fingerprint density at radius 2 is 1.92 bits per heavy atom. The van der Waals surface area contributed by atoms with Crippen LogP contribution in [-0.2, 0) is 14.8 Å². The Balaban J connectivity index is 2.30. The van der Waals surface area contributed by atoms with Crippen LogP contribution in [0, 0.1) is 0 Å². The lowest BCUT2D eigenvalue weighted by molar-refractivity contribution is -0.116. The van der Waals surface area contributed by atoms with Gasteiger partial charge in [0.05, 0.1) is 16.7 Å². The molecule has 7 heteroatoms. The fourth-order valence-electron chi connectivity index (χ4n) is 2.93. The van der Waals surface area contributed by atoms with Crippen LogP contribution in [-0.4, -0.2) is 37.8 Å². The smallest absolute Gasteiger partial charge is 0.243 e. The van der Waals surface area contributed by atoms with Crippen molar-refractivity contribution in [2.75, 3.05) is 18.4 Å². The van der Waals surface area contributed by atoms with Crippen LogP contribution in [0.2, 0.25) is 0 Å². The third-order valence-corrected chi connectivity index (χ3v) is 6.19. The van der Waals surface area contributed by atoms with Gasteiger partial charge in [0.2, 0.25) is 15.9 Å². The van der Waals surface area contributed by atoms with Gasteiger partial charge in [-0.2, -0.15) is 4.31 Å². The zero-order chi connectivity index (χ0) is 19.2. The summed E-state index contributed by atoms with van der Waals surface area (Å²) in [5.41, 5.74) is 0.415. The van der Waals surface area contributed by atoms with Gasteiger partial charge in [-0.25, -0.2) is 8.42 Å². The first kappa shape index (κ1) is 20.7. The number of carbonyl (C=O) groups excluding carboxylic acids is 1. The molecule has 0 saturated carbocycles. The number of nitrogens with zero attached hydrogens (tertiary/aromatic N) is 1. The van der Waals surface area contributed by atoms with Crippen molar-refractivity contribution >= 4 is 21.6 Å². The van der Waals surface area contributed by atoms with Crippen molar-refractivity contribution in [3.05, 3.63) is 18.2 Å². The minimum absolute atomic E-state index is 0.0779. The van der Waals surface area contributed by atoms with Crippen molar-refractivity contribution in [2.45, 2.75) is 70.3 Å². The summed E-state index contributed by atoms with van der Waals surface area (Å²) < 4.78 is 33.1. The first-order chi connectivity index (χ1) is 12.3. The molecule has 0 unspecified atom stereocenters. The Bertz CT molecular complexity index is 710. The van der Waals surface area contributed by atoms with Crippen LogP contribution in [0.4, 0.5) is 5.69 Å². The largest absolute Gasteiger partial charge is 0.489 e. The number of benzene rings is 1. The van der Waals surface area contributed by atoms with E-state index in [0.717, 1.165) is 32.1 Å². The van der Waals surface area contributed by atoms with Crippen molar-refractivity contribution in [3.8, 4) is 5.75 Å². The van der Waals surface area contributed by atoms with Gasteiger partial charge < -0.3 is 10.1 Å². The molecule has 1 heterocycles. The topological polar surface area (TPSA) is 75.7 Å². The Hall–Kier alpha value is -1.60. The summed E-state index contributed by atoms with van der Waals surface area (Å²) in [5, 5.41) is 2.82. The molecule has 0 spiro atoms. The van der Waals surface area contributed by atoms with E-state index in [-0.39, 0.29) is 16.9 Å². The second kappa shape index (κ2) is 9.37. The minimum atomic E-state index is -3.56. The maximum absolute atomic E-state index is 12.9. The van der Waals surface area contributed by atoms with Crippen molar-refractivity contribution in [1.29, 1.82) is 0 Å². The van der Waals surface area contributed by atoms with Crippen molar-refractivity contribution < 1.29 is 17.9 Å². The van der Waals surface area contributed by atoms with Crippen molar-refractivity contribution in [3.63, 3.8) is 0 Å². The van der Waals surface area contributed by atoms with E-state index >= 15 is 0 Å². The van der Waals surface area contributed by atoms with E-state index in [1.54, 1.807) is 12.1 Å². The highest BCUT2D eigenvalue weighted by Crippen LogP contribution is 2.31. The van der Waals surface area contributed by atoms with E-state index in [2.05, 4.69) is 5.32 Å². The number of rotatable bonds is 8. The van der Waals surface area contributed by atoms with Crippen LogP contribution in [0.1, 0.15) is 59.3 Å². The number of ether oxygens (including phenoxy) is 1. The number of carbonyl (C=O) groups is 1. The van der Waals surface area contributed by atoms with E-state index in [4.69, 9.17) is 4.74 Å². The molecule has 146 valence electrons. The predicted octanol–water partition coefficient (Wildman–Crippen LogP) is 3.78. The number of piperidine rings is 1. The van der Waals surface area contributed by atoms with Gasteiger partial charge in [-0.3, -0.25) is 4.79 Å². The van der Waals surface area contributed by atoms with Gasteiger partial charge in [0.15, 0.2) is 0 Å². The van der Waals surface area contributed by atoms with Crippen LogP contribution in [0.25, 0.3) is 0 Å². The van der Waals surface area contributed by atoms with Crippen LogP contribution in [0.5, 0.6) is 5.75 Å². The average Bonchev–Trinajstić information content (AvgIpc) is 2.61. The molecule has 0 bridgehead atoms. The van der Waals surface area contributed by atoms with E-state index in [1.807, 2.05) is 20.8 Å². The summed E-state index contributed by atoms with van der Waals surface area (Å²) in [6, 6.07) is 4.71. The van der Waals surface area contributed by atoms with E-state index in [0.29, 0.717) is 30.9 Å². The fraction of sp³-hybridized carbons (Fsp3) is 0.632. The molecule has 1 saturated heterocycles. The summed E-state index contributed by atoms with van der Waals surface area (Å²) in [6.45, 7) is 6.89. The van der Waals surface area contributed by atoms with Gasteiger partial charge in [0.1, 0.15) is 5.75 Å². The summed E-state index contributed by atoms with van der Waals surface area (Å²) in [6.07, 6.45) is 4.87. The molecule has 1 aromatic rings. The fourth-order valence-corrected chi connectivity index (χ4v) is 4.47. The molecule has 0 radical (unpaired) electrons. The number of nitrogens with one attached hydrogen (secondary N) is 1. The minimum Gasteiger partial charge on any atom is -0.489 e. The van der Waals surface area contributed by atoms with E-state index in [1.165, 1.54) is 10.4 Å². The van der Waals surface area contributed by atoms with Crippen LogP contribution < -0.4 is 10.1 Å². The lowest BCUT2D eigenvalue weighted by atomic mass is 10.2. The van der Waals surface area contributed by atoms with E-state index < -0.39 is 10.0 Å². The molecule has 1 aromatic carbocycles. The first-order valence-electron chi connectivity index (χ1n) is 9.45. The number of unbranched alkanes of at least 4 members (excludes halogenated alkanes) is 1. The number of hydrogen-bond acceptors (Lipinski definition) is 4. The molecule has 0 aliphatic carbocycles. The molecular formula is C19H30N2O4S. The normalized spacial score (nSPS) is 15.8. The highest BCUT2D eigenvalue weighted by Gasteiger charge is 2.27. The monoisotopic (exact) mass is 382 g/mol. The molecule has 1 amide bonds. The van der Waals surface area contributed by atoms with Crippen molar-refractivity contribution in [2.24, 2.45) is 0 Å². The zero-order valence-electron chi connectivity index (χ0n) is 16.0. The Labute approximate surface area is 157 Å². The summed E-state index contributed by atoms with van der Waals surface area (Å²) >= 11 is 0. The van der Waals surface area contributed by atoms with Gasteiger partial charge >= 0.3 is 0 Å². The second-order valence-corrected chi connectivity index (χ2v) is 8.88. The summed E-state index contributed by atoms with van der Waals surface area (Å²) in [4.78, 5) is 12.3. The molecule has 26 heavy (non-hydrogen) atoms. The van der Waals surface area contributed by atoms with E-state index in [9.17, 15) is 13.2 Å². The van der Waals surface area contributed by atoms with Gasteiger partial charge in [-0.15, -0.1) is 0 Å². The first-order valence-corrected chi connectivity index (χ1v) is 10.9. The Morgan fingerprint density at radius 1 is 1.23 bits per heavy atom. The lowest BCUT2D eigenvalue weighted by Crippen LogP contribution is -2.35. The maximum Gasteiger partial charge on any atom is 0.243 e. The molecule has 1 N–H and O–H groups in total. The van der Waals surface area contributed by atoms with Gasteiger partial charge in [-0.1, -0.05) is 19.8 Å². The van der Waals surface area contributed by atoms with Gasteiger partial charge in [0, 0.05) is 19.5 Å². The Morgan fingerprint density at radius 3 is 2.54 bits per heavy atom. The highest BCUT2D eigenvalue weighted by atomic mass is 32.2.